The monoisotopic (exact) mass is 1110 g/mol. The molecule has 3 heterocycles. The Kier molecular flexibility index (Phi) is 23.5. The second kappa shape index (κ2) is 29.0. The van der Waals surface area contributed by atoms with E-state index >= 15 is 0 Å². The summed E-state index contributed by atoms with van der Waals surface area (Å²) in [4.78, 5) is 87.7. The molecule has 2 unspecified atom stereocenters. The molecule has 79 heavy (non-hydrogen) atoms. The fraction of sp³-hybridized carbons (Fsp3) is 0.643. The van der Waals surface area contributed by atoms with Gasteiger partial charge in [-0.2, -0.15) is 0 Å². The van der Waals surface area contributed by atoms with Gasteiger partial charge in [0, 0.05) is 46.8 Å². The number of aliphatic carboxylic acids is 1. The van der Waals surface area contributed by atoms with Gasteiger partial charge in [-0.25, -0.2) is 9.59 Å². The summed E-state index contributed by atoms with van der Waals surface area (Å²) in [6, 6.07) is 9.04. The first-order chi connectivity index (χ1) is 37.4. The fourth-order valence-electron chi connectivity index (χ4n) is 10.7. The van der Waals surface area contributed by atoms with Crippen molar-refractivity contribution in [2.75, 3.05) is 41.5 Å². The third kappa shape index (κ3) is 15.3. The van der Waals surface area contributed by atoms with Crippen LogP contribution in [0, 0.1) is 23.7 Å². The molecule has 23 nitrogen and oxygen atoms in total. The highest BCUT2D eigenvalue weighted by Crippen LogP contribution is 2.35. The van der Waals surface area contributed by atoms with E-state index in [1.54, 1.807) is 76.9 Å². The Morgan fingerprint density at radius 2 is 1.56 bits per heavy atom. The van der Waals surface area contributed by atoms with Gasteiger partial charge >= 0.3 is 12.1 Å². The molecule has 5 amide bonds. The number of nitrogens with two attached hydrogens (primary N) is 1. The van der Waals surface area contributed by atoms with Crippen LogP contribution in [0.2, 0.25) is 0 Å². The van der Waals surface area contributed by atoms with E-state index in [1.807, 2.05) is 19.9 Å². The number of hydrogen-bond acceptors (Lipinski definition) is 17. The summed E-state index contributed by atoms with van der Waals surface area (Å²) in [6.07, 6.45) is -8.38. The average Bonchev–Trinajstić information content (AvgIpc) is 4.15. The molecule has 9 N–H and O–H groups in total. The quantitative estimate of drug-likeness (QED) is 0.0544. The molecule has 440 valence electrons. The Balaban J connectivity index is 1.26. The number of carboxylic acids is 1. The lowest BCUT2D eigenvalue weighted by molar-refractivity contribution is -0.277. The van der Waals surface area contributed by atoms with E-state index < -0.39 is 127 Å². The number of hydrogen-bond donors (Lipinski definition) is 8. The van der Waals surface area contributed by atoms with Gasteiger partial charge in [-0.3, -0.25) is 24.1 Å². The molecule has 2 saturated heterocycles. The minimum Gasteiger partial charge on any atom is -0.480 e. The molecule has 1 aromatic heterocycles. The molecule has 0 radical (unpaired) electrons. The molecule has 0 spiro atoms. The first kappa shape index (κ1) is 63.9. The summed E-state index contributed by atoms with van der Waals surface area (Å²) < 4.78 is 35.1. The lowest BCUT2D eigenvalue weighted by Gasteiger charge is -2.41. The summed E-state index contributed by atoms with van der Waals surface area (Å²) >= 11 is 0. The maximum absolute atomic E-state index is 14.8. The number of aliphatic hydroxyl groups excluding tert-OH is 4. The number of amides is 5. The van der Waals surface area contributed by atoms with Crippen molar-refractivity contribution >= 4 is 46.7 Å². The van der Waals surface area contributed by atoms with Crippen LogP contribution in [0.5, 0.6) is 5.75 Å². The maximum atomic E-state index is 14.8. The number of nitrogens with zero attached hydrogens (tertiary/aromatic N) is 3. The number of carbonyl (C=O) groups is 6. The Labute approximate surface area is 462 Å². The molecular formula is C56H84N6O17. The molecule has 23 heteroatoms. The van der Waals surface area contributed by atoms with Crippen LogP contribution in [0.25, 0.3) is 11.0 Å². The largest absolute Gasteiger partial charge is 0.480 e. The lowest BCUT2D eigenvalue weighted by Crippen LogP contribution is -2.60. The predicted octanol–water partition coefficient (Wildman–Crippen LogP) is 2.54. The second-order valence-electron chi connectivity index (χ2n) is 21.5. The van der Waals surface area contributed by atoms with Gasteiger partial charge in [0.2, 0.25) is 29.9 Å². The van der Waals surface area contributed by atoms with Crippen molar-refractivity contribution in [1.82, 2.24) is 25.3 Å². The number of aliphatic hydroxyl groups is 4. The summed E-state index contributed by atoms with van der Waals surface area (Å²) in [6.45, 7) is 12.0. The third-order valence-corrected chi connectivity index (χ3v) is 15.4. The number of fused-ring (bicyclic) bond motifs is 1. The van der Waals surface area contributed by atoms with Crippen molar-refractivity contribution in [3.05, 3.63) is 65.4 Å². The zero-order valence-electron chi connectivity index (χ0n) is 47.3. The lowest BCUT2D eigenvalue weighted by atomic mass is 9.89. The van der Waals surface area contributed by atoms with E-state index in [-0.39, 0.29) is 49.2 Å². The van der Waals surface area contributed by atoms with E-state index in [1.165, 1.54) is 38.3 Å². The van der Waals surface area contributed by atoms with Gasteiger partial charge in [0.05, 0.1) is 55.2 Å². The van der Waals surface area contributed by atoms with E-state index in [0.717, 1.165) is 10.5 Å². The van der Waals surface area contributed by atoms with Crippen LogP contribution in [-0.4, -0.2) is 191 Å². The molecule has 14 atom stereocenters. The van der Waals surface area contributed by atoms with Crippen LogP contribution < -0.4 is 21.1 Å². The molecule has 0 aliphatic carbocycles. The predicted molar refractivity (Wildman–Crippen MR) is 288 cm³/mol. The summed E-state index contributed by atoms with van der Waals surface area (Å²) in [5.41, 5.74) is 7.24. The van der Waals surface area contributed by atoms with Gasteiger partial charge in [0.15, 0.2) is 0 Å². The van der Waals surface area contributed by atoms with Crippen LogP contribution >= 0.6 is 0 Å². The number of carboxylic acid groups (broad SMARTS) is 1. The van der Waals surface area contributed by atoms with Crippen molar-refractivity contribution in [3.8, 4) is 5.75 Å². The number of nitrogens with one attached hydrogen (secondary N) is 2. The molecule has 3 aromatic rings. The Morgan fingerprint density at radius 1 is 0.873 bits per heavy atom. The maximum Gasteiger partial charge on any atom is 0.410 e. The van der Waals surface area contributed by atoms with Crippen LogP contribution in [-0.2, 0) is 62.5 Å². The number of likely N-dealkylation sites (N-methyl/N-ethyl adjacent to an activating group) is 2. The molecule has 2 fully saturated rings. The normalized spacial score (nSPS) is 22.5. The first-order valence-corrected chi connectivity index (χ1v) is 27.0. The summed E-state index contributed by atoms with van der Waals surface area (Å²) in [5, 5.41) is 56.7. The minimum atomic E-state index is -1.68. The van der Waals surface area contributed by atoms with Crippen LogP contribution in [0.4, 0.5) is 4.79 Å². The van der Waals surface area contributed by atoms with E-state index in [4.69, 9.17) is 33.8 Å². The molecule has 5 rings (SSSR count). The molecule has 2 aliphatic rings. The number of ether oxygens (including phenoxy) is 5. The molecular weight excluding hydrogens is 1030 g/mol. The van der Waals surface area contributed by atoms with Gasteiger partial charge in [0.25, 0.3) is 0 Å². The van der Waals surface area contributed by atoms with Gasteiger partial charge < -0.3 is 79.8 Å². The van der Waals surface area contributed by atoms with E-state index in [0.29, 0.717) is 42.5 Å². The molecule has 0 saturated carbocycles. The van der Waals surface area contributed by atoms with Crippen molar-refractivity contribution in [2.24, 2.45) is 29.4 Å². The van der Waals surface area contributed by atoms with Crippen LogP contribution in [0.15, 0.2) is 52.9 Å². The first-order valence-electron chi connectivity index (χ1n) is 27.0. The van der Waals surface area contributed by atoms with Gasteiger partial charge in [-0.15, -0.1) is 0 Å². The average molecular weight is 1110 g/mol. The van der Waals surface area contributed by atoms with Gasteiger partial charge in [-0.05, 0) is 54.4 Å². The van der Waals surface area contributed by atoms with Crippen molar-refractivity contribution < 1.29 is 82.4 Å². The highest BCUT2D eigenvalue weighted by molar-refractivity contribution is 5.92. The Bertz CT molecular complexity index is 2510. The molecule has 2 aliphatic heterocycles. The van der Waals surface area contributed by atoms with E-state index in [2.05, 4.69) is 10.6 Å². The zero-order chi connectivity index (χ0) is 58.6. The fourth-order valence-corrected chi connectivity index (χ4v) is 10.7. The smallest absolute Gasteiger partial charge is 0.410 e. The van der Waals surface area contributed by atoms with Crippen LogP contribution in [0.1, 0.15) is 91.0 Å². The standard InChI is InChI=1S/C56H84N6O17/c1-12-31(6)45(40(74-10)25-42(64)62-22-16-19-38(62)49(75-11)32(7)51(68)58-37(54(71)72)23-33-17-14-13-15-18-33)60(8)53(70)43(29(2)3)59-52(69)44(30(4)5)61(9)56(73)76-28-34-20-21-39(36-24-35(26-57)77-50(34)36)78-55-48(67)47(66)46(65)41(27-63)79-55/h13-15,17-18,20-21,24,29-32,37-38,40-41,43-49,55,63,65-67H,12,16,19,22-23,25-28,57H2,1-11H3,(H,58,68)(H,59,69)(H,71,72)/t31?,32-,37?,38+,40-,41-,43+,44+,45+,46+,47+,48-,49-,55-/m1/s1. The highest BCUT2D eigenvalue weighted by atomic mass is 16.7. The minimum absolute atomic E-state index is 0.0164. The van der Waals surface area contributed by atoms with E-state index in [9.17, 15) is 54.3 Å². The van der Waals surface area contributed by atoms with Gasteiger partial charge in [0.1, 0.15) is 66.2 Å². The van der Waals surface area contributed by atoms with Crippen molar-refractivity contribution in [3.63, 3.8) is 0 Å². The number of likely N-dealkylation sites (tertiary alicyclic amines) is 1. The second-order valence-corrected chi connectivity index (χ2v) is 21.5. The Hall–Kier alpha value is -5.92. The zero-order valence-corrected chi connectivity index (χ0v) is 47.3. The number of carbonyl (C=O) groups excluding carboxylic acids is 5. The number of rotatable bonds is 27. The SMILES string of the molecule is CCC(C)[C@@H]([C@@H](CC(=O)N1CCC[C@H]1[C@H](OC)[C@@H](C)C(=O)NC(Cc1ccccc1)C(=O)O)OC)N(C)C(=O)[C@@H](NC(=O)[C@H](C(C)C)N(C)C(=O)OCc1ccc(O[C@@H]2O[C@H](CO)[C@H](O)[C@H](O)[C@H]2O)c2cc(CN)oc12)C(C)C. The third-order valence-electron chi connectivity index (χ3n) is 15.4. The topological polar surface area (TPSA) is 323 Å². The summed E-state index contributed by atoms with van der Waals surface area (Å²) in [5.74, 6) is -4.52. The highest BCUT2D eigenvalue weighted by Gasteiger charge is 2.46. The number of benzene rings is 2. The van der Waals surface area contributed by atoms with Crippen molar-refractivity contribution in [1.29, 1.82) is 0 Å². The van der Waals surface area contributed by atoms with Crippen LogP contribution in [0.3, 0.4) is 0 Å². The molecule has 0 bridgehead atoms. The van der Waals surface area contributed by atoms with Gasteiger partial charge in [-0.1, -0.05) is 85.2 Å². The number of methoxy groups -OCH3 is 2. The molecule has 2 aromatic carbocycles. The number of furan rings is 1. The summed E-state index contributed by atoms with van der Waals surface area (Å²) in [7, 11) is 5.96. The Morgan fingerprint density at radius 3 is 2.14 bits per heavy atom. The van der Waals surface area contributed by atoms with Crippen molar-refractivity contribution in [2.45, 2.75) is 167 Å².